The summed E-state index contributed by atoms with van der Waals surface area (Å²) in [6, 6.07) is 6.26. The zero-order chi connectivity index (χ0) is 13.2. The predicted octanol–water partition coefficient (Wildman–Crippen LogP) is 2.74. The van der Waals surface area contributed by atoms with Gasteiger partial charge < -0.3 is 14.6 Å². The van der Waals surface area contributed by atoms with Crippen molar-refractivity contribution >= 4 is 15.9 Å². The van der Waals surface area contributed by atoms with Crippen LogP contribution in [0.2, 0.25) is 0 Å². The molecule has 1 aliphatic rings. The molecule has 19 heavy (non-hydrogen) atoms. The molecule has 0 atom stereocenters. The Hall–Kier alpha value is -1.17. The molecule has 5 heteroatoms. The third-order valence-electron chi connectivity index (χ3n) is 3.32. The van der Waals surface area contributed by atoms with Crippen LogP contribution in [0, 0.1) is 0 Å². The van der Waals surface area contributed by atoms with E-state index in [0.717, 1.165) is 41.0 Å². The van der Waals surface area contributed by atoms with Gasteiger partial charge in [0.25, 0.3) is 0 Å². The van der Waals surface area contributed by atoms with Crippen molar-refractivity contribution in [3.05, 3.63) is 39.5 Å². The van der Waals surface area contributed by atoms with Gasteiger partial charge in [-0.3, -0.25) is 0 Å². The summed E-state index contributed by atoms with van der Waals surface area (Å²) in [5.74, 6) is 0.922. The molecule has 100 valence electrons. The molecule has 0 aliphatic heterocycles. The topological polar surface area (TPSA) is 47.3 Å². The van der Waals surface area contributed by atoms with Gasteiger partial charge in [-0.25, -0.2) is 0 Å². The molecule has 0 radical (unpaired) electrons. The van der Waals surface area contributed by atoms with E-state index in [0.29, 0.717) is 6.61 Å². The van der Waals surface area contributed by atoms with Gasteiger partial charge in [0.05, 0.1) is 6.61 Å². The van der Waals surface area contributed by atoms with Gasteiger partial charge in [-0.05, 0) is 23.8 Å². The summed E-state index contributed by atoms with van der Waals surface area (Å²) in [5, 5.41) is 7.47. The number of hydrogen-bond donors (Lipinski definition) is 1. The fourth-order valence-corrected chi connectivity index (χ4v) is 2.79. The van der Waals surface area contributed by atoms with E-state index < -0.39 is 0 Å². The molecule has 0 unspecified atom stereocenters. The Labute approximate surface area is 120 Å². The number of ether oxygens (including phenoxy) is 1. The van der Waals surface area contributed by atoms with Crippen molar-refractivity contribution in [1.29, 1.82) is 0 Å². The molecule has 3 rings (SSSR count). The van der Waals surface area contributed by atoms with Gasteiger partial charge >= 0.3 is 0 Å². The van der Waals surface area contributed by atoms with Gasteiger partial charge in [-0.1, -0.05) is 21.1 Å². The number of methoxy groups -OCH3 is 1. The number of halogens is 1. The summed E-state index contributed by atoms with van der Waals surface area (Å²) < 4.78 is 11.6. The number of rotatable bonds is 5. The van der Waals surface area contributed by atoms with Crippen LogP contribution in [0.1, 0.15) is 16.8 Å². The second-order valence-corrected chi connectivity index (χ2v) is 5.50. The molecule has 0 saturated heterocycles. The summed E-state index contributed by atoms with van der Waals surface area (Å²) in [6.45, 7) is 2.24. The van der Waals surface area contributed by atoms with Crippen LogP contribution in [0.25, 0.3) is 11.3 Å². The van der Waals surface area contributed by atoms with E-state index in [1.165, 1.54) is 11.1 Å². The molecule has 1 aromatic carbocycles. The maximum atomic E-state index is 5.49. The first-order chi connectivity index (χ1) is 9.29. The van der Waals surface area contributed by atoms with E-state index in [2.05, 4.69) is 38.5 Å². The number of nitrogens with one attached hydrogen (secondary N) is 1. The van der Waals surface area contributed by atoms with Crippen molar-refractivity contribution in [3.63, 3.8) is 0 Å². The Morgan fingerprint density at radius 3 is 3.21 bits per heavy atom. The van der Waals surface area contributed by atoms with Crippen LogP contribution in [-0.2, 0) is 17.7 Å². The highest BCUT2D eigenvalue weighted by atomic mass is 79.9. The summed E-state index contributed by atoms with van der Waals surface area (Å²) in [6.07, 6.45) is 0.898. The third kappa shape index (κ3) is 2.45. The van der Waals surface area contributed by atoms with Gasteiger partial charge in [0.15, 0.2) is 5.76 Å². The highest BCUT2D eigenvalue weighted by Crippen LogP contribution is 2.39. The molecule has 0 fully saturated rings. The minimum absolute atomic E-state index is 0.702. The van der Waals surface area contributed by atoms with Crippen LogP contribution in [0.4, 0.5) is 0 Å². The van der Waals surface area contributed by atoms with E-state index >= 15 is 0 Å². The van der Waals surface area contributed by atoms with Crippen molar-refractivity contribution in [2.24, 2.45) is 0 Å². The van der Waals surface area contributed by atoms with E-state index in [1.54, 1.807) is 7.11 Å². The van der Waals surface area contributed by atoms with Crippen LogP contribution >= 0.6 is 15.9 Å². The SMILES string of the molecule is COCCNCc1noc2c1Cc1cc(Br)ccc1-2. The fourth-order valence-electron chi connectivity index (χ4n) is 2.38. The minimum atomic E-state index is 0.702. The minimum Gasteiger partial charge on any atom is -0.383 e. The van der Waals surface area contributed by atoms with Crippen molar-refractivity contribution in [3.8, 4) is 11.3 Å². The molecule has 1 aliphatic carbocycles. The lowest BCUT2D eigenvalue weighted by molar-refractivity contribution is 0.199. The number of nitrogens with zero attached hydrogens (tertiary/aromatic N) is 1. The monoisotopic (exact) mass is 322 g/mol. The first kappa shape index (κ1) is 12.8. The highest BCUT2D eigenvalue weighted by molar-refractivity contribution is 9.10. The summed E-state index contributed by atoms with van der Waals surface area (Å²) in [7, 11) is 1.70. The largest absolute Gasteiger partial charge is 0.383 e. The van der Waals surface area contributed by atoms with Crippen LogP contribution in [0.5, 0.6) is 0 Å². The van der Waals surface area contributed by atoms with Crippen LogP contribution in [0.3, 0.4) is 0 Å². The Morgan fingerprint density at radius 2 is 2.37 bits per heavy atom. The van der Waals surface area contributed by atoms with Gasteiger partial charge in [0, 0.05) is 42.2 Å². The van der Waals surface area contributed by atoms with Crippen molar-refractivity contribution in [2.75, 3.05) is 20.3 Å². The molecule has 4 nitrogen and oxygen atoms in total. The standard InChI is InChI=1S/C14H15BrN2O2/c1-18-5-4-16-8-13-12-7-9-6-10(15)2-3-11(9)14(12)19-17-13/h2-3,6,16H,4-5,7-8H2,1H3. The van der Waals surface area contributed by atoms with Gasteiger partial charge in [0.2, 0.25) is 0 Å². The first-order valence-corrected chi connectivity index (χ1v) is 7.05. The van der Waals surface area contributed by atoms with Gasteiger partial charge in [0.1, 0.15) is 5.69 Å². The molecular formula is C14H15BrN2O2. The summed E-state index contributed by atoms with van der Waals surface area (Å²) >= 11 is 3.50. The molecule has 1 aromatic heterocycles. The maximum absolute atomic E-state index is 5.49. The summed E-state index contributed by atoms with van der Waals surface area (Å²) in [5.41, 5.74) is 4.66. The molecule has 0 spiro atoms. The number of benzene rings is 1. The lowest BCUT2D eigenvalue weighted by Crippen LogP contribution is -2.19. The fraction of sp³-hybridized carbons (Fsp3) is 0.357. The number of fused-ring (bicyclic) bond motifs is 3. The molecule has 0 amide bonds. The lowest BCUT2D eigenvalue weighted by Gasteiger charge is -2.02. The van der Waals surface area contributed by atoms with Crippen molar-refractivity contribution in [2.45, 2.75) is 13.0 Å². The maximum Gasteiger partial charge on any atom is 0.170 e. The predicted molar refractivity (Wildman–Crippen MR) is 76.0 cm³/mol. The molecule has 1 heterocycles. The van der Waals surface area contributed by atoms with Crippen LogP contribution in [-0.4, -0.2) is 25.4 Å². The lowest BCUT2D eigenvalue weighted by atomic mass is 10.1. The Kier molecular flexibility index (Phi) is 3.68. The average molecular weight is 323 g/mol. The zero-order valence-electron chi connectivity index (χ0n) is 10.7. The third-order valence-corrected chi connectivity index (χ3v) is 3.82. The number of aromatic nitrogens is 1. The van der Waals surface area contributed by atoms with E-state index in [9.17, 15) is 0 Å². The Bertz CT molecular complexity index is 595. The molecule has 1 N–H and O–H groups in total. The highest BCUT2D eigenvalue weighted by Gasteiger charge is 2.26. The van der Waals surface area contributed by atoms with E-state index in [4.69, 9.17) is 9.26 Å². The number of hydrogen-bond acceptors (Lipinski definition) is 4. The smallest absolute Gasteiger partial charge is 0.170 e. The van der Waals surface area contributed by atoms with Gasteiger partial charge in [-0.2, -0.15) is 0 Å². The van der Waals surface area contributed by atoms with Crippen LogP contribution < -0.4 is 5.32 Å². The first-order valence-electron chi connectivity index (χ1n) is 6.25. The van der Waals surface area contributed by atoms with E-state index in [1.807, 2.05) is 6.07 Å². The molecule has 0 bridgehead atoms. The van der Waals surface area contributed by atoms with Crippen molar-refractivity contribution in [1.82, 2.24) is 10.5 Å². The summed E-state index contributed by atoms with van der Waals surface area (Å²) in [4.78, 5) is 0. The molecular weight excluding hydrogens is 308 g/mol. The quantitative estimate of drug-likeness (QED) is 0.734. The Balaban J connectivity index is 1.77. The molecule has 0 saturated carbocycles. The van der Waals surface area contributed by atoms with Crippen molar-refractivity contribution < 1.29 is 9.26 Å². The second-order valence-electron chi connectivity index (χ2n) is 4.58. The zero-order valence-corrected chi connectivity index (χ0v) is 12.3. The normalized spacial score (nSPS) is 12.5. The van der Waals surface area contributed by atoms with E-state index in [-0.39, 0.29) is 0 Å². The van der Waals surface area contributed by atoms with Gasteiger partial charge in [-0.15, -0.1) is 0 Å². The van der Waals surface area contributed by atoms with Crippen LogP contribution in [0.15, 0.2) is 27.2 Å². The Morgan fingerprint density at radius 1 is 1.47 bits per heavy atom. The second kappa shape index (κ2) is 5.45. The molecule has 2 aromatic rings. The average Bonchev–Trinajstić information content (AvgIpc) is 2.93.